The predicted molar refractivity (Wildman–Crippen MR) is 102 cm³/mol. The van der Waals surface area contributed by atoms with Crippen molar-refractivity contribution < 1.29 is 24.5 Å². The van der Waals surface area contributed by atoms with Crippen LogP contribution in [0.1, 0.15) is 59.8 Å². The van der Waals surface area contributed by atoms with E-state index in [0.717, 1.165) is 19.3 Å². The fourth-order valence-electron chi connectivity index (χ4n) is 6.70. The third kappa shape index (κ3) is 2.72. The molecule has 5 nitrogen and oxygen atoms in total. The number of hydrogen-bond donors (Lipinski definition) is 2. The van der Waals surface area contributed by atoms with Gasteiger partial charge in [0, 0.05) is 23.2 Å². The minimum atomic E-state index is -0.686. The van der Waals surface area contributed by atoms with Crippen molar-refractivity contribution in [3.63, 3.8) is 0 Å². The largest absolute Gasteiger partial charge is 0.460 e. The number of carbonyl (C=O) groups excluding carboxylic acids is 2. The Morgan fingerprint density at radius 3 is 2.59 bits per heavy atom. The van der Waals surface area contributed by atoms with E-state index in [2.05, 4.69) is 27.4 Å². The van der Waals surface area contributed by atoms with Gasteiger partial charge >= 0.3 is 5.97 Å². The molecule has 5 heteroatoms. The second-order valence-electron chi connectivity index (χ2n) is 9.72. The van der Waals surface area contributed by atoms with Gasteiger partial charge in [-0.3, -0.25) is 4.79 Å². The summed E-state index contributed by atoms with van der Waals surface area (Å²) in [5.41, 5.74) is -1.43. The lowest BCUT2D eigenvalue weighted by atomic mass is 9.44. The van der Waals surface area contributed by atoms with Gasteiger partial charge in [-0.2, -0.15) is 0 Å². The first-order valence-electron chi connectivity index (χ1n) is 10.2. The quantitative estimate of drug-likeness (QED) is 0.583. The van der Waals surface area contributed by atoms with Crippen LogP contribution in [0.2, 0.25) is 0 Å². The molecule has 0 aliphatic heterocycles. The van der Waals surface area contributed by atoms with Gasteiger partial charge in [0.15, 0.2) is 0 Å². The maximum atomic E-state index is 13.1. The van der Waals surface area contributed by atoms with Crippen molar-refractivity contribution in [1.29, 1.82) is 0 Å². The minimum Gasteiger partial charge on any atom is -0.460 e. The Morgan fingerprint density at radius 2 is 2.00 bits per heavy atom. The number of hydrogen-bond acceptors (Lipinski definition) is 5. The van der Waals surface area contributed by atoms with Crippen LogP contribution >= 0.6 is 0 Å². The summed E-state index contributed by atoms with van der Waals surface area (Å²) >= 11 is 0. The van der Waals surface area contributed by atoms with Gasteiger partial charge in [0.25, 0.3) is 0 Å². The van der Waals surface area contributed by atoms with E-state index >= 15 is 0 Å². The Bertz CT molecular complexity index is 645. The number of aliphatic hydroxyl groups excluding tert-OH is 2. The van der Waals surface area contributed by atoms with Crippen LogP contribution in [-0.4, -0.2) is 40.8 Å². The van der Waals surface area contributed by atoms with Crippen molar-refractivity contribution in [3.05, 3.63) is 12.7 Å². The number of ether oxygens (including phenoxy) is 1. The molecule has 3 rings (SSSR count). The number of ketones is 1. The maximum Gasteiger partial charge on any atom is 0.332 e. The topological polar surface area (TPSA) is 83.8 Å². The summed E-state index contributed by atoms with van der Waals surface area (Å²) in [6.07, 6.45) is 4.10. The van der Waals surface area contributed by atoms with E-state index in [-0.39, 0.29) is 29.0 Å². The molecule has 2 bridgehead atoms. The molecule has 0 heterocycles. The smallest absolute Gasteiger partial charge is 0.332 e. The van der Waals surface area contributed by atoms with E-state index in [1.165, 1.54) is 0 Å². The van der Waals surface area contributed by atoms with Gasteiger partial charge in [0.05, 0.1) is 6.10 Å². The average Bonchev–Trinajstić information content (AvgIpc) is 3.00. The van der Waals surface area contributed by atoms with Gasteiger partial charge in [-0.05, 0) is 42.9 Å². The molecule has 27 heavy (non-hydrogen) atoms. The number of rotatable bonds is 3. The zero-order valence-electron chi connectivity index (χ0n) is 17.0. The van der Waals surface area contributed by atoms with Gasteiger partial charge in [0.2, 0.25) is 0 Å². The highest BCUT2D eigenvalue weighted by Gasteiger charge is 2.68. The molecule has 1 unspecified atom stereocenters. The van der Waals surface area contributed by atoms with Crippen molar-refractivity contribution in [2.45, 2.75) is 72.0 Å². The van der Waals surface area contributed by atoms with Crippen LogP contribution in [0, 0.1) is 34.0 Å². The Labute approximate surface area is 162 Å². The van der Waals surface area contributed by atoms with Crippen LogP contribution in [0.3, 0.4) is 0 Å². The molecule has 3 aliphatic carbocycles. The molecule has 0 spiro atoms. The molecule has 0 aromatic rings. The SMILES string of the molecule is C=C[C@]1(C)C[C@@H](OC(=O)CO)[C@@]2(C)C(C)CC[C@]3(CCC(=O)[C@H]32)[C@@H](C)[C@@H]1O. The molecule has 3 saturated carbocycles. The maximum absolute atomic E-state index is 13.1. The number of aliphatic hydroxyl groups is 2. The van der Waals surface area contributed by atoms with Crippen molar-refractivity contribution in [2.24, 2.45) is 34.0 Å². The van der Waals surface area contributed by atoms with Gasteiger partial charge in [-0.25, -0.2) is 4.79 Å². The molecule has 8 atom stereocenters. The first-order chi connectivity index (χ1) is 12.6. The second kappa shape index (κ2) is 6.70. The standard InChI is InChI=1S/C22H34O5/c1-6-20(4)11-16(27-17(25)12-23)21(5)13(2)7-9-22(14(3)19(20)26)10-8-15(24)18(21)22/h6,13-14,16,18-19,23,26H,1,7-12H2,2-5H3/t13?,14-,16+,18-,19-,20+,21+,22-/m0/s1. The first kappa shape index (κ1) is 20.5. The van der Waals surface area contributed by atoms with E-state index in [4.69, 9.17) is 4.74 Å². The Kier molecular flexibility index (Phi) is 5.09. The van der Waals surface area contributed by atoms with Crippen molar-refractivity contribution in [2.75, 3.05) is 6.61 Å². The van der Waals surface area contributed by atoms with Crippen LogP contribution in [-0.2, 0) is 14.3 Å². The number of Topliss-reactive ketones (excluding diaryl/α,β-unsaturated/α-hetero) is 1. The van der Waals surface area contributed by atoms with Crippen molar-refractivity contribution in [3.8, 4) is 0 Å². The van der Waals surface area contributed by atoms with Crippen LogP contribution in [0.5, 0.6) is 0 Å². The summed E-state index contributed by atoms with van der Waals surface area (Å²) in [6, 6.07) is 0. The Hall–Kier alpha value is -1.20. The monoisotopic (exact) mass is 378 g/mol. The van der Waals surface area contributed by atoms with Crippen LogP contribution in [0.25, 0.3) is 0 Å². The van der Waals surface area contributed by atoms with Crippen molar-refractivity contribution in [1.82, 2.24) is 0 Å². The molecule has 0 aromatic carbocycles. The molecule has 0 saturated heterocycles. The zero-order valence-corrected chi connectivity index (χ0v) is 17.0. The molecular weight excluding hydrogens is 344 g/mol. The van der Waals surface area contributed by atoms with Gasteiger partial charge in [-0.15, -0.1) is 6.58 Å². The fraction of sp³-hybridized carbons (Fsp3) is 0.818. The van der Waals surface area contributed by atoms with E-state index in [9.17, 15) is 19.8 Å². The van der Waals surface area contributed by atoms with E-state index in [1.807, 2.05) is 6.92 Å². The predicted octanol–water partition coefficient (Wildman–Crippen LogP) is 2.89. The summed E-state index contributed by atoms with van der Waals surface area (Å²) in [6.45, 7) is 11.5. The highest BCUT2D eigenvalue weighted by molar-refractivity contribution is 5.85. The lowest BCUT2D eigenvalue weighted by Gasteiger charge is -2.61. The highest BCUT2D eigenvalue weighted by Crippen LogP contribution is 2.67. The van der Waals surface area contributed by atoms with Gasteiger partial charge < -0.3 is 14.9 Å². The molecule has 152 valence electrons. The van der Waals surface area contributed by atoms with Crippen molar-refractivity contribution >= 4 is 11.8 Å². The fourth-order valence-corrected chi connectivity index (χ4v) is 6.70. The average molecular weight is 379 g/mol. The lowest BCUT2D eigenvalue weighted by molar-refractivity contribution is -0.207. The minimum absolute atomic E-state index is 0.0433. The molecule has 3 aliphatic rings. The first-order valence-corrected chi connectivity index (χ1v) is 10.2. The second-order valence-corrected chi connectivity index (χ2v) is 9.72. The van der Waals surface area contributed by atoms with Crippen LogP contribution < -0.4 is 0 Å². The summed E-state index contributed by atoms with van der Waals surface area (Å²) in [4.78, 5) is 25.2. The number of esters is 1. The third-order valence-corrected chi connectivity index (χ3v) is 8.70. The summed E-state index contributed by atoms with van der Waals surface area (Å²) in [5, 5.41) is 20.6. The Morgan fingerprint density at radius 1 is 1.33 bits per heavy atom. The molecule has 0 aromatic heterocycles. The zero-order chi connectivity index (χ0) is 20.2. The van der Waals surface area contributed by atoms with Gasteiger partial charge in [0.1, 0.15) is 18.5 Å². The highest BCUT2D eigenvalue weighted by atomic mass is 16.6. The van der Waals surface area contributed by atoms with Crippen LogP contribution in [0.4, 0.5) is 0 Å². The third-order valence-electron chi connectivity index (χ3n) is 8.70. The van der Waals surface area contributed by atoms with E-state index in [0.29, 0.717) is 12.8 Å². The number of carbonyl (C=O) groups is 2. The summed E-state index contributed by atoms with van der Waals surface area (Å²) in [7, 11) is 0. The molecule has 0 radical (unpaired) electrons. The Balaban J connectivity index is 2.21. The summed E-state index contributed by atoms with van der Waals surface area (Å²) in [5.74, 6) is -0.520. The van der Waals surface area contributed by atoms with Gasteiger partial charge in [-0.1, -0.05) is 33.8 Å². The molecule has 3 fully saturated rings. The molecular formula is C22H34O5. The normalized spacial score (nSPS) is 49.7. The van der Waals surface area contributed by atoms with E-state index < -0.39 is 35.6 Å². The molecule has 2 N–H and O–H groups in total. The van der Waals surface area contributed by atoms with Crippen LogP contribution in [0.15, 0.2) is 12.7 Å². The summed E-state index contributed by atoms with van der Waals surface area (Å²) < 4.78 is 5.77. The lowest BCUT2D eigenvalue weighted by Crippen LogP contribution is -2.63. The van der Waals surface area contributed by atoms with E-state index in [1.54, 1.807) is 6.08 Å². The molecule has 0 amide bonds.